The molecule has 3 aromatic carbocycles. The number of primary amides is 1. The van der Waals surface area contributed by atoms with Gasteiger partial charge in [0.15, 0.2) is 0 Å². The van der Waals surface area contributed by atoms with Gasteiger partial charge in [0.25, 0.3) is 0 Å². The Labute approximate surface area is 343 Å². The second kappa shape index (κ2) is 24.8. The maximum absolute atomic E-state index is 14.2. The van der Waals surface area contributed by atoms with E-state index in [1.165, 1.54) is 19.6 Å². The van der Waals surface area contributed by atoms with Crippen LogP contribution in [0, 0.1) is 5.92 Å². The van der Waals surface area contributed by atoms with Crippen molar-refractivity contribution in [3.63, 3.8) is 0 Å². The first-order chi connectivity index (χ1) is 27.6. The fourth-order valence-corrected chi connectivity index (χ4v) is 7.31. The molecular formula is C44H62N5O8P. The highest BCUT2D eigenvalue weighted by atomic mass is 31.2. The Kier molecular flexibility index (Phi) is 20.3. The molecule has 0 aliphatic heterocycles. The van der Waals surface area contributed by atoms with Gasteiger partial charge in [0.05, 0.1) is 25.8 Å². The van der Waals surface area contributed by atoms with E-state index in [1.54, 1.807) is 24.3 Å². The predicted octanol–water partition coefficient (Wildman–Crippen LogP) is 5.17. The third-order valence-electron chi connectivity index (χ3n) is 9.57. The van der Waals surface area contributed by atoms with E-state index in [2.05, 4.69) is 0 Å². The van der Waals surface area contributed by atoms with Gasteiger partial charge in [-0.3, -0.25) is 28.5 Å². The van der Waals surface area contributed by atoms with Crippen LogP contribution in [0.5, 0.6) is 0 Å². The standard InChI is InChI=1S/C44H62N5O8P/c1-4-5-8-21-41(51)49(29-38-22-24-39(25-23-38)34-58(55,56)57)33-43(53)47(27-14-20-37-17-11-7-12-18-37)31-44(54)48(28-35(2)3)32-42(52)46(30-40(45)50)26-13-19-36-15-9-6-10-16-36/h6-7,9-12,15-18,22-25,35H,4-5,8,13-14,19-21,26-34H2,1-3H3,(H2,45,50)(H2,55,56,57). The van der Waals surface area contributed by atoms with Crippen molar-refractivity contribution in [2.24, 2.45) is 11.7 Å². The number of carbonyl (C=O) groups excluding carboxylic acids is 5. The number of hydrogen-bond acceptors (Lipinski definition) is 6. The summed E-state index contributed by atoms with van der Waals surface area (Å²) in [5, 5.41) is 0. The predicted molar refractivity (Wildman–Crippen MR) is 225 cm³/mol. The first kappa shape index (κ1) is 47.5. The van der Waals surface area contributed by atoms with E-state index >= 15 is 0 Å². The SMILES string of the molecule is CCCCCC(=O)N(CC(=O)N(CCCc1ccccc1)CC(=O)N(CC(=O)N(CCCc1ccccc1)CC(N)=O)CC(C)C)Cc1ccc(CP(=O)(O)O)cc1. The fraction of sp³-hybridized carbons (Fsp3) is 0.477. The Morgan fingerprint density at radius 3 is 1.53 bits per heavy atom. The average molecular weight is 820 g/mol. The minimum Gasteiger partial charge on any atom is -0.368 e. The topological polar surface area (TPSA) is 182 Å². The summed E-state index contributed by atoms with van der Waals surface area (Å²) in [5.41, 5.74) is 8.84. The van der Waals surface area contributed by atoms with Gasteiger partial charge in [0, 0.05) is 32.6 Å². The molecule has 4 N–H and O–H groups in total. The van der Waals surface area contributed by atoms with Crippen LogP contribution in [-0.4, -0.2) is 105 Å². The third-order valence-corrected chi connectivity index (χ3v) is 10.4. The lowest BCUT2D eigenvalue weighted by atomic mass is 10.1. The maximum atomic E-state index is 14.2. The zero-order valence-electron chi connectivity index (χ0n) is 34.3. The third kappa shape index (κ3) is 18.6. The van der Waals surface area contributed by atoms with Crippen LogP contribution in [0.4, 0.5) is 0 Å². The van der Waals surface area contributed by atoms with Crippen molar-refractivity contribution in [1.29, 1.82) is 0 Å². The number of aryl methyl sites for hydroxylation is 2. The summed E-state index contributed by atoms with van der Waals surface area (Å²) in [7, 11) is -4.27. The molecule has 0 fully saturated rings. The molecule has 5 amide bonds. The molecule has 0 aliphatic rings. The summed E-state index contributed by atoms with van der Waals surface area (Å²) in [6.07, 6.45) is 4.72. The number of hydrogen-bond donors (Lipinski definition) is 3. The minimum absolute atomic E-state index is 0.00836. The molecule has 0 saturated heterocycles. The quantitative estimate of drug-likeness (QED) is 0.0733. The summed E-state index contributed by atoms with van der Waals surface area (Å²) in [6, 6.07) is 26.2. The number of unbranched alkanes of at least 4 members (excludes halogenated alkanes) is 2. The normalized spacial score (nSPS) is 11.3. The molecule has 13 nitrogen and oxygen atoms in total. The number of benzene rings is 3. The maximum Gasteiger partial charge on any atom is 0.329 e. The summed E-state index contributed by atoms with van der Waals surface area (Å²) in [4.78, 5) is 92.3. The number of nitrogens with zero attached hydrogens (tertiary/aromatic N) is 4. The van der Waals surface area contributed by atoms with Gasteiger partial charge in [-0.05, 0) is 60.3 Å². The van der Waals surface area contributed by atoms with Gasteiger partial charge in [-0.15, -0.1) is 0 Å². The van der Waals surface area contributed by atoms with Crippen molar-refractivity contribution in [3.8, 4) is 0 Å². The zero-order valence-corrected chi connectivity index (χ0v) is 35.2. The summed E-state index contributed by atoms with van der Waals surface area (Å²) >= 11 is 0. The van der Waals surface area contributed by atoms with Crippen LogP contribution in [0.25, 0.3) is 0 Å². The molecule has 0 spiro atoms. The molecule has 58 heavy (non-hydrogen) atoms. The van der Waals surface area contributed by atoms with E-state index in [0.717, 1.165) is 24.0 Å². The van der Waals surface area contributed by atoms with Crippen LogP contribution >= 0.6 is 7.60 Å². The Bertz CT molecular complexity index is 1790. The van der Waals surface area contributed by atoms with Crippen molar-refractivity contribution in [3.05, 3.63) is 107 Å². The van der Waals surface area contributed by atoms with Crippen molar-refractivity contribution in [2.45, 2.75) is 84.8 Å². The summed E-state index contributed by atoms with van der Waals surface area (Å²) < 4.78 is 11.5. The van der Waals surface area contributed by atoms with E-state index in [9.17, 15) is 38.3 Å². The zero-order chi connectivity index (χ0) is 42.5. The summed E-state index contributed by atoms with van der Waals surface area (Å²) in [5.74, 6) is -2.15. The highest BCUT2D eigenvalue weighted by molar-refractivity contribution is 7.50. The van der Waals surface area contributed by atoms with Gasteiger partial charge in [0.1, 0.15) is 6.54 Å². The lowest BCUT2D eigenvalue weighted by Crippen LogP contribution is -2.51. The Balaban J connectivity index is 1.83. The van der Waals surface area contributed by atoms with Gasteiger partial charge in [0.2, 0.25) is 29.5 Å². The molecule has 0 atom stereocenters. The fourth-order valence-electron chi connectivity index (χ4n) is 6.62. The average Bonchev–Trinajstić information content (AvgIpc) is 3.17. The monoisotopic (exact) mass is 819 g/mol. The number of nitrogens with two attached hydrogens (primary N) is 1. The van der Waals surface area contributed by atoms with Crippen LogP contribution in [0.3, 0.4) is 0 Å². The number of rotatable bonds is 26. The smallest absolute Gasteiger partial charge is 0.329 e. The second-order valence-electron chi connectivity index (χ2n) is 15.3. The summed E-state index contributed by atoms with van der Waals surface area (Å²) in [6.45, 7) is 5.55. The molecule has 3 aromatic rings. The first-order valence-corrected chi connectivity index (χ1v) is 22.0. The largest absolute Gasteiger partial charge is 0.368 e. The molecule has 0 bridgehead atoms. The Morgan fingerprint density at radius 2 is 1.05 bits per heavy atom. The van der Waals surface area contributed by atoms with Gasteiger partial charge in [-0.2, -0.15) is 0 Å². The molecule has 0 heterocycles. The second-order valence-corrected chi connectivity index (χ2v) is 16.9. The molecule has 0 unspecified atom stereocenters. The lowest BCUT2D eigenvalue weighted by molar-refractivity contribution is -0.147. The first-order valence-electron chi connectivity index (χ1n) is 20.2. The van der Waals surface area contributed by atoms with Gasteiger partial charge in [-0.25, -0.2) is 0 Å². The molecule has 14 heteroatoms. The number of carbonyl (C=O) groups is 5. The van der Waals surface area contributed by atoms with Crippen LogP contribution in [-0.2, 0) is 54.1 Å². The Morgan fingerprint density at radius 1 is 0.586 bits per heavy atom. The minimum atomic E-state index is -4.27. The van der Waals surface area contributed by atoms with Gasteiger partial charge in [-0.1, -0.05) is 119 Å². The van der Waals surface area contributed by atoms with Crippen molar-refractivity contribution < 1.29 is 38.3 Å². The molecule has 0 aliphatic carbocycles. The van der Waals surface area contributed by atoms with Crippen LogP contribution in [0.1, 0.15) is 81.5 Å². The molecule has 0 aromatic heterocycles. The van der Waals surface area contributed by atoms with E-state index in [1.807, 2.05) is 81.4 Å². The van der Waals surface area contributed by atoms with Crippen molar-refractivity contribution in [1.82, 2.24) is 19.6 Å². The van der Waals surface area contributed by atoms with Crippen molar-refractivity contribution in [2.75, 3.05) is 45.8 Å². The van der Waals surface area contributed by atoms with E-state index in [-0.39, 0.29) is 70.6 Å². The van der Waals surface area contributed by atoms with Crippen molar-refractivity contribution >= 4 is 37.1 Å². The molecule has 0 radical (unpaired) electrons. The van der Waals surface area contributed by atoms with Crippen LogP contribution in [0.15, 0.2) is 84.9 Å². The van der Waals surface area contributed by atoms with Gasteiger partial charge >= 0.3 is 7.60 Å². The highest BCUT2D eigenvalue weighted by Crippen LogP contribution is 2.39. The molecule has 316 valence electrons. The highest BCUT2D eigenvalue weighted by Gasteiger charge is 2.28. The van der Waals surface area contributed by atoms with Crippen LogP contribution in [0.2, 0.25) is 0 Å². The number of amides is 5. The van der Waals surface area contributed by atoms with Gasteiger partial charge < -0.3 is 35.1 Å². The van der Waals surface area contributed by atoms with E-state index in [4.69, 9.17) is 5.73 Å². The molecular weight excluding hydrogens is 757 g/mol. The Hall–Kier alpha value is -4.84. The van der Waals surface area contributed by atoms with E-state index in [0.29, 0.717) is 43.2 Å². The van der Waals surface area contributed by atoms with Crippen LogP contribution < -0.4 is 5.73 Å². The lowest BCUT2D eigenvalue weighted by Gasteiger charge is -2.32. The van der Waals surface area contributed by atoms with E-state index < -0.39 is 37.4 Å². The molecule has 3 rings (SSSR count). The molecule has 0 saturated carbocycles.